The van der Waals surface area contributed by atoms with Gasteiger partial charge in [-0.05, 0) is 17.7 Å². The van der Waals surface area contributed by atoms with Crippen LogP contribution in [0.15, 0.2) is 57.7 Å². The van der Waals surface area contributed by atoms with Crippen LogP contribution in [-0.4, -0.2) is 12.2 Å². The molecule has 0 aliphatic carbocycles. The molecule has 3 rings (SSSR count). The van der Waals surface area contributed by atoms with Crippen molar-refractivity contribution in [2.24, 2.45) is 0 Å². The molecule has 0 saturated heterocycles. The Balaban J connectivity index is 2.33. The zero-order valence-corrected chi connectivity index (χ0v) is 10.8. The van der Waals surface area contributed by atoms with Crippen LogP contribution in [0.2, 0.25) is 0 Å². The fraction of sp³-hybridized carbons (Fsp3) is 0.0625. The number of hydrogen-bond acceptors (Lipinski definition) is 4. The summed E-state index contributed by atoms with van der Waals surface area (Å²) in [4.78, 5) is 12.1. The number of aromatic hydroxyl groups is 1. The summed E-state index contributed by atoms with van der Waals surface area (Å²) in [7, 11) is 1.53. The van der Waals surface area contributed by atoms with Crippen LogP contribution in [0.5, 0.6) is 11.5 Å². The molecule has 20 heavy (non-hydrogen) atoms. The second-order valence-electron chi connectivity index (χ2n) is 4.34. The van der Waals surface area contributed by atoms with E-state index in [9.17, 15) is 9.90 Å². The van der Waals surface area contributed by atoms with Crippen molar-refractivity contribution in [3.05, 3.63) is 59.0 Å². The molecule has 0 bridgehead atoms. The molecule has 1 N–H and O–H groups in total. The molecule has 2 aromatic carbocycles. The fourth-order valence-corrected chi connectivity index (χ4v) is 2.15. The molecule has 3 aromatic rings. The summed E-state index contributed by atoms with van der Waals surface area (Å²) in [5.74, 6) is 0.484. The van der Waals surface area contributed by atoms with Crippen molar-refractivity contribution in [3.63, 3.8) is 0 Å². The van der Waals surface area contributed by atoms with Crippen molar-refractivity contribution >= 4 is 11.0 Å². The maximum atomic E-state index is 12.1. The van der Waals surface area contributed by atoms with Crippen LogP contribution >= 0.6 is 0 Å². The van der Waals surface area contributed by atoms with Gasteiger partial charge in [-0.15, -0.1) is 0 Å². The summed E-state index contributed by atoms with van der Waals surface area (Å²) in [6.45, 7) is 0. The molecule has 0 radical (unpaired) electrons. The second-order valence-corrected chi connectivity index (χ2v) is 4.34. The Labute approximate surface area is 114 Å². The van der Waals surface area contributed by atoms with Gasteiger partial charge >= 0.3 is 5.63 Å². The van der Waals surface area contributed by atoms with Crippen molar-refractivity contribution in [3.8, 4) is 22.6 Å². The first kappa shape index (κ1) is 12.3. The maximum absolute atomic E-state index is 12.1. The van der Waals surface area contributed by atoms with Crippen LogP contribution < -0.4 is 10.4 Å². The van der Waals surface area contributed by atoms with E-state index in [1.807, 2.05) is 6.07 Å². The standard InChI is InChI=1S/C16H12O4/c1-19-11-7-8-12-13(9-11)20-16(18)14(15(12)17)10-5-3-2-4-6-10/h2-9,17H,1H3. The lowest BCUT2D eigenvalue weighted by Crippen LogP contribution is -2.03. The number of hydrogen-bond donors (Lipinski definition) is 1. The monoisotopic (exact) mass is 268 g/mol. The van der Waals surface area contributed by atoms with Gasteiger partial charge in [-0.1, -0.05) is 30.3 Å². The topological polar surface area (TPSA) is 59.7 Å². The molecule has 1 aromatic heterocycles. The van der Waals surface area contributed by atoms with E-state index >= 15 is 0 Å². The molecule has 4 heteroatoms. The normalized spacial score (nSPS) is 10.7. The van der Waals surface area contributed by atoms with Gasteiger partial charge in [-0.2, -0.15) is 0 Å². The number of benzene rings is 2. The van der Waals surface area contributed by atoms with Crippen molar-refractivity contribution in [1.29, 1.82) is 0 Å². The minimum atomic E-state index is -0.575. The van der Waals surface area contributed by atoms with Crippen LogP contribution in [0.3, 0.4) is 0 Å². The summed E-state index contributed by atoms with van der Waals surface area (Å²) in [5.41, 5.74) is 0.515. The van der Waals surface area contributed by atoms with Gasteiger partial charge in [-0.25, -0.2) is 4.79 Å². The van der Waals surface area contributed by atoms with Gasteiger partial charge in [0.25, 0.3) is 0 Å². The predicted octanol–water partition coefficient (Wildman–Crippen LogP) is 3.17. The van der Waals surface area contributed by atoms with Gasteiger partial charge < -0.3 is 14.3 Å². The molecule has 1 heterocycles. The van der Waals surface area contributed by atoms with E-state index in [0.29, 0.717) is 22.3 Å². The first-order valence-corrected chi connectivity index (χ1v) is 6.10. The van der Waals surface area contributed by atoms with E-state index in [0.717, 1.165) is 0 Å². The molecule has 0 aliphatic heterocycles. The van der Waals surface area contributed by atoms with Gasteiger partial charge in [0.05, 0.1) is 12.5 Å². The summed E-state index contributed by atoms with van der Waals surface area (Å²) >= 11 is 0. The maximum Gasteiger partial charge on any atom is 0.347 e. The first-order valence-electron chi connectivity index (χ1n) is 6.10. The third-order valence-corrected chi connectivity index (χ3v) is 3.15. The quantitative estimate of drug-likeness (QED) is 0.725. The van der Waals surface area contributed by atoms with Crippen molar-refractivity contribution in [2.45, 2.75) is 0 Å². The van der Waals surface area contributed by atoms with E-state index in [-0.39, 0.29) is 11.3 Å². The third-order valence-electron chi connectivity index (χ3n) is 3.15. The second kappa shape index (κ2) is 4.74. The molecule has 0 amide bonds. The van der Waals surface area contributed by atoms with Gasteiger partial charge in [0.15, 0.2) is 0 Å². The Morgan fingerprint density at radius 1 is 1.10 bits per heavy atom. The predicted molar refractivity (Wildman–Crippen MR) is 76.1 cm³/mol. The zero-order valence-electron chi connectivity index (χ0n) is 10.8. The summed E-state index contributed by atoms with van der Waals surface area (Å²) in [5, 5.41) is 10.8. The molecule has 0 spiro atoms. The molecular formula is C16H12O4. The molecule has 0 saturated carbocycles. The van der Waals surface area contributed by atoms with Gasteiger partial charge in [0.1, 0.15) is 22.6 Å². The lowest BCUT2D eigenvalue weighted by Gasteiger charge is -2.07. The Morgan fingerprint density at radius 2 is 1.85 bits per heavy atom. The number of methoxy groups -OCH3 is 1. The third kappa shape index (κ3) is 1.91. The van der Waals surface area contributed by atoms with E-state index in [4.69, 9.17) is 9.15 Å². The average Bonchev–Trinajstić information content (AvgIpc) is 2.47. The smallest absolute Gasteiger partial charge is 0.347 e. The van der Waals surface area contributed by atoms with Gasteiger partial charge in [0, 0.05) is 6.07 Å². The highest BCUT2D eigenvalue weighted by Gasteiger charge is 2.15. The lowest BCUT2D eigenvalue weighted by molar-refractivity contribution is 0.413. The Kier molecular flexibility index (Phi) is 2.91. The van der Waals surface area contributed by atoms with Gasteiger partial charge in [0.2, 0.25) is 0 Å². The zero-order chi connectivity index (χ0) is 14.1. The van der Waals surface area contributed by atoms with Crippen LogP contribution in [0.1, 0.15) is 0 Å². The molecule has 0 aliphatic rings. The number of fused-ring (bicyclic) bond motifs is 1. The summed E-state index contributed by atoms with van der Waals surface area (Å²) < 4.78 is 10.3. The van der Waals surface area contributed by atoms with E-state index in [1.54, 1.807) is 42.5 Å². The summed E-state index contributed by atoms with van der Waals surface area (Å²) in [6.07, 6.45) is 0. The van der Waals surface area contributed by atoms with E-state index in [1.165, 1.54) is 7.11 Å². The fourth-order valence-electron chi connectivity index (χ4n) is 2.15. The first-order chi connectivity index (χ1) is 9.70. The SMILES string of the molecule is COc1ccc2c(O)c(-c3ccccc3)c(=O)oc2c1. The Hall–Kier alpha value is -2.75. The van der Waals surface area contributed by atoms with E-state index in [2.05, 4.69) is 0 Å². The van der Waals surface area contributed by atoms with Crippen molar-refractivity contribution in [1.82, 2.24) is 0 Å². The molecule has 100 valence electrons. The highest BCUT2D eigenvalue weighted by molar-refractivity contribution is 5.90. The van der Waals surface area contributed by atoms with Crippen molar-refractivity contribution < 1.29 is 14.3 Å². The molecule has 0 atom stereocenters. The Bertz CT molecular complexity index is 819. The number of ether oxygens (including phenoxy) is 1. The van der Waals surface area contributed by atoms with Crippen LogP contribution in [-0.2, 0) is 0 Å². The van der Waals surface area contributed by atoms with Gasteiger partial charge in [-0.3, -0.25) is 0 Å². The lowest BCUT2D eigenvalue weighted by atomic mass is 10.0. The Morgan fingerprint density at radius 3 is 2.55 bits per heavy atom. The van der Waals surface area contributed by atoms with Crippen molar-refractivity contribution in [2.75, 3.05) is 7.11 Å². The van der Waals surface area contributed by atoms with Crippen LogP contribution in [0, 0.1) is 0 Å². The van der Waals surface area contributed by atoms with E-state index < -0.39 is 5.63 Å². The molecule has 4 nitrogen and oxygen atoms in total. The minimum absolute atomic E-state index is 0.0786. The van der Waals surface area contributed by atoms with Crippen LogP contribution in [0.4, 0.5) is 0 Å². The number of rotatable bonds is 2. The average molecular weight is 268 g/mol. The minimum Gasteiger partial charge on any atom is -0.506 e. The highest BCUT2D eigenvalue weighted by Crippen LogP contribution is 2.34. The summed E-state index contributed by atoms with van der Waals surface area (Å²) in [6, 6.07) is 13.9. The highest BCUT2D eigenvalue weighted by atomic mass is 16.5. The molecule has 0 fully saturated rings. The largest absolute Gasteiger partial charge is 0.506 e. The molecule has 0 unspecified atom stereocenters. The molecular weight excluding hydrogens is 256 g/mol. The van der Waals surface area contributed by atoms with Crippen LogP contribution in [0.25, 0.3) is 22.1 Å².